The number of hydrogen-bond acceptors (Lipinski definition) is 2. The van der Waals surface area contributed by atoms with Crippen LogP contribution in [-0.2, 0) is 0 Å². The van der Waals surface area contributed by atoms with E-state index in [-0.39, 0.29) is 0 Å². The zero-order chi connectivity index (χ0) is 39.8. The van der Waals surface area contributed by atoms with E-state index >= 15 is 0 Å². The summed E-state index contributed by atoms with van der Waals surface area (Å²) in [6.45, 7) is 0. The van der Waals surface area contributed by atoms with Crippen molar-refractivity contribution in [2.45, 2.75) is 0 Å². The molecule has 0 aliphatic heterocycles. The SMILES string of the molecule is c1ccc(-c2cccc(-c3ccc(N(c4cccc(-c5ccc(-c6ccc7oc8ccccc8c7c6)cc5)c4)c4ccc(-c5ccccc5)c5ccccc45)cc3)c2)cc1. The molecule has 0 unspecified atom stereocenters. The van der Waals surface area contributed by atoms with Gasteiger partial charge in [-0.15, -0.1) is 0 Å². The Morgan fingerprint density at radius 1 is 0.250 bits per heavy atom. The van der Waals surface area contributed by atoms with Crippen LogP contribution in [0.5, 0.6) is 0 Å². The molecule has 0 aliphatic carbocycles. The van der Waals surface area contributed by atoms with Crippen LogP contribution in [0.2, 0.25) is 0 Å². The summed E-state index contributed by atoms with van der Waals surface area (Å²) in [7, 11) is 0. The van der Waals surface area contributed by atoms with Gasteiger partial charge in [0.05, 0.1) is 5.69 Å². The van der Waals surface area contributed by atoms with Crippen LogP contribution in [0, 0.1) is 0 Å². The Morgan fingerprint density at radius 2 is 0.733 bits per heavy atom. The number of nitrogens with zero attached hydrogens (tertiary/aromatic N) is 1. The zero-order valence-electron chi connectivity index (χ0n) is 32.9. The van der Waals surface area contributed by atoms with Crippen LogP contribution in [-0.4, -0.2) is 0 Å². The van der Waals surface area contributed by atoms with Gasteiger partial charge in [-0.05, 0) is 116 Å². The summed E-state index contributed by atoms with van der Waals surface area (Å²) in [6, 6.07) is 85.0. The standard InChI is InChI=1S/C58H39NO/c1-3-13-40(14-4-1)45-17-11-18-46(37-45)43-29-32-49(33-30-43)59(56-35-34-51(44-15-5-2-6-16-44)52-21-7-8-22-53(52)56)50-20-12-19-47(38-50)41-25-27-42(28-26-41)48-31-36-58-55(39-48)54-23-9-10-24-57(54)60-58/h1-39H. The third-order valence-electron chi connectivity index (χ3n) is 11.7. The molecule has 10 aromatic carbocycles. The van der Waals surface area contributed by atoms with Crippen molar-refractivity contribution in [3.63, 3.8) is 0 Å². The minimum absolute atomic E-state index is 0.910. The number of para-hydroxylation sites is 1. The monoisotopic (exact) mass is 765 g/mol. The van der Waals surface area contributed by atoms with E-state index in [1.807, 2.05) is 12.1 Å². The molecule has 60 heavy (non-hydrogen) atoms. The Bertz CT molecular complexity index is 3290. The second-order valence-electron chi connectivity index (χ2n) is 15.3. The van der Waals surface area contributed by atoms with Crippen LogP contribution < -0.4 is 4.90 Å². The fourth-order valence-electron chi connectivity index (χ4n) is 8.67. The Labute approximate surface area is 349 Å². The lowest BCUT2D eigenvalue weighted by Gasteiger charge is -2.28. The summed E-state index contributed by atoms with van der Waals surface area (Å²) in [5.41, 5.74) is 17.0. The second-order valence-corrected chi connectivity index (χ2v) is 15.3. The highest BCUT2D eigenvalue weighted by atomic mass is 16.3. The van der Waals surface area contributed by atoms with Crippen molar-refractivity contribution in [1.29, 1.82) is 0 Å². The number of anilines is 3. The van der Waals surface area contributed by atoms with E-state index < -0.39 is 0 Å². The molecule has 2 nitrogen and oxygen atoms in total. The molecule has 0 bridgehead atoms. The summed E-state index contributed by atoms with van der Waals surface area (Å²) in [5, 5.41) is 4.68. The molecule has 0 spiro atoms. The Hall–Kier alpha value is -7.94. The lowest BCUT2D eigenvalue weighted by atomic mass is 9.95. The van der Waals surface area contributed by atoms with Gasteiger partial charge in [-0.25, -0.2) is 0 Å². The van der Waals surface area contributed by atoms with E-state index in [1.165, 1.54) is 55.3 Å². The van der Waals surface area contributed by atoms with Gasteiger partial charge in [0.1, 0.15) is 11.2 Å². The molecular weight excluding hydrogens is 727 g/mol. The molecule has 0 saturated carbocycles. The maximum absolute atomic E-state index is 6.11. The maximum atomic E-state index is 6.11. The van der Waals surface area contributed by atoms with Crippen molar-refractivity contribution >= 4 is 49.8 Å². The van der Waals surface area contributed by atoms with Gasteiger partial charge < -0.3 is 9.32 Å². The Morgan fingerprint density at radius 3 is 1.43 bits per heavy atom. The topological polar surface area (TPSA) is 16.4 Å². The Balaban J connectivity index is 0.992. The first-order valence-corrected chi connectivity index (χ1v) is 20.5. The van der Waals surface area contributed by atoms with Crippen LogP contribution in [0.4, 0.5) is 17.1 Å². The van der Waals surface area contributed by atoms with Crippen molar-refractivity contribution < 1.29 is 4.42 Å². The first-order valence-electron chi connectivity index (χ1n) is 20.5. The maximum Gasteiger partial charge on any atom is 0.135 e. The van der Waals surface area contributed by atoms with Gasteiger partial charge in [-0.1, -0.05) is 182 Å². The van der Waals surface area contributed by atoms with Crippen LogP contribution in [0.3, 0.4) is 0 Å². The molecule has 0 radical (unpaired) electrons. The summed E-state index contributed by atoms with van der Waals surface area (Å²) >= 11 is 0. The van der Waals surface area contributed by atoms with Gasteiger partial charge in [-0.3, -0.25) is 0 Å². The number of fused-ring (bicyclic) bond motifs is 4. The average Bonchev–Trinajstić information content (AvgIpc) is 3.71. The average molecular weight is 766 g/mol. The highest BCUT2D eigenvalue weighted by molar-refractivity contribution is 6.07. The van der Waals surface area contributed by atoms with E-state index in [0.29, 0.717) is 0 Å². The molecule has 11 rings (SSSR count). The van der Waals surface area contributed by atoms with Crippen LogP contribution in [0.15, 0.2) is 241 Å². The fourth-order valence-corrected chi connectivity index (χ4v) is 8.67. The van der Waals surface area contributed by atoms with Crippen molar-refractivity contribution in [2.75, 3.05) is 4.90 Å². The second kappa shape index (κ2) is 15.1. The fraction of sp³-hybridized carbons (Fsp3) is 0. The molecule has 11 aromatic rings. The molecule has 2 heteroatoms. The van der Waals surface area contributed by atoms with E-state index in [9.17, 15) is 0 Å². The number of hydrogen-bond donors (Lipinski definition) is 0. The minimum atomic E-state index is 0.910. The molecule has 0 N–H and O–H groups in total. The van der Waals surface area contributed by atoms with Crippen LogP contribution in [0.1, 0.15) is 0 Å². The van der Waals surface area contributed by atoms with Gasteiger partial charge in [0.25, 0.3) is 0 Å². The first-order chi connectivity index (χ1) is 29.7. The largest absolute Gasteiger partial charge is 0.456 e. The van der Waals surface area contributed by atoms with Crippen molar-refractivity contribution in [2.24, 2.45) is 0 Å². The summed E-state index contributed by atoms with van der Waals surface area (Å²) in [6.07, 6.45) is 0. The smallest absolute Gasteiger partial charge is 0.135 e. The third-order valence-corrected chi connectivity index (χ3v) is 11.7. The molecule has 0 aliphatic rings. The molecule has 0 atom stereocenters. The van der Waals surface area contributed by atoms with Crippen molar-refractivity contribution in [3.8, 4) is 55.6 Å². The van der Waals surface area contributed by atoms with Gasteiger partial charge in [0.2, 0.25) is 0 Å². The van der Waals surface area contributed by atoms with Gasteiger partial charge >= 0.3 is 0 Å². The van der Waals surface area contributed by atoms with E-state index in [2.05, 4.69) is 229 Å². The van der Waals surface area contributed by atoms with Gasteiger partial charge in [0.15, 0.2) is 0 Å². The molecule has 1 heterocycles. The number of furan rings is 1. The molecule has 282 valence electrons. The molecule has 0 saturated heterocycles. The normalized spacial score (nSPS) is 11.3. The number of benzene rings is 10. The number of rotatable bonds is 8. The molecule has 0 fully saturated rings. The van der Waals surface area contributed by atoms with E-state index in [4.69, 9.17) is 4.42 Å². The van der Waals surface area contributed by atoms with E-state index in [1.54, 1.807) is 0 Å². The minimum Gasteiger partial charge on any atom is -0.456 e. The lowest BCUT2D eigenvalue weighted by Crippen LogP contribution is -2.10. The highest BCUT2D eigenvalue weighted by Gasteiger charge is 2.19. The lowest BCUT2D eigenvalue weighted by molar-refractivity contribution is 0.669. The van der Waals surface area contributed by atoms with Crippen LogP contribution in [0.25, 0.3) is 88.3 Å². The molecule has 0 amide bonds. The van der Waals surface area contributed by atoms with E-state index in [0.717, 1.165) is 50.1 Å². The van der Waals surface area contributed by atoms with Gasteiger partial charge in [0, 0.05) is 27.5 Å². The van der Waals surface area contributed by atoms with Crippen LogP contribution >= 0.6 is 0 Å². The molecular formula is C58H39NO. The third kappa shape index (κ3) is 6.51. The van der Waals surface area contributed by atoms with Gasteiger partial charge in [-0.2, -0.15) is 0 Å². The predicted molar refractivity (Wildman–Crippen MR) is 253 cm³/mol. The summed E-state index contributed by atoms with van der Waals surface area (Å²) < 4.78 is 6.11. The zero-order valence-corrected chi connectivity index (χ0v) is 32.9. The van der Waals surface area contributed by atoms with Crippen molar-refractivity contribution in [3.05, 3.63) is 237 Å². The predicted octanol–water partition coefficient (Wildman–Crippen LogP) is 16.5. The van der Waals surface area contributed by atoms with Crippen molar-refractivity contribution in [1.82, 2.24) is 0 Å². The summed E-state index contributed by atoms with van der Waals surface area (Å²) in [4.78, 5) is 2.41. The molecule has 1 aromatic heterocycles. The quantitative estimate of drug-likeness (QED) is 0.153. The summed E-state index contributed by atoms with van der Waals surface area (Å²) in [5.74, 6) is 0. The first kappa shape index (κ1) is 35.2. The Kier molecular flexibility index (Phi) is 8.87. The highest BCUT2D eigenvalue weighted by Crippen LogP contribution is 2.43.